The zero-order chi connectivity index (χ0) is 14.7. The summed E-state index contributed by atoms with van der Waals surface area (Å²) in [5.74, 6) is -0.451. The highest BCUT2D eigenvalue weighted by Crippen LogP contribution is 2.20. The van der Waals surface area contributed by atoms with Crippen molar-refractivity contribution in [1.29, 1.82) is 0 Å². The van der Waals surface area contributed by atoms with Crippen LogP contribution in [0.2, 0.25) is 5.02 Å². The Morgan fingerprint density at radius 1 is 1.30 bits per heavy atom. The van der Waals surface area contributed by atoms with E-state index in [4.69, 9.17) is 11.6 Å². The zero-order valence-corrected chi connectivity index (χ0v) is 13.7. The van der Waals surface area contributed by atoms with E-state index in [1.54, 1.807) is 37.4 Å². The molecule has 0 heterocycles. The molecule has 0 aromatic heterocycles. The number of halogens is 3. The first-order valence-corrected chi connectivity index (χ1v) is 7.38. The van der Waals surface area contributed by atoms with Gasteiger partial charge in [-0.1, -0.05) is 23.7 Å². The third kappa shape index (κ3) is 3.70. The second-order valence-electron chi connectivity index (χ2n) is 4.42. The van der Waals surface area contributed by atoms with Crippen LogP contribution in [0.1, 0.15) is 15.9 Å². The van der Waals surface area contributed by atoms with Gasteiger partial charge >= 0.3 is 0 Å². The largest absolute Gasteiger partial charge is 0.337 e. The van der Waals surface area contributed by atoms with Crippen molar-refractivity contribution in [2.45, 2.75) is 6.54 Å². The molecule has 104 valence electrons. The van der Waals surface area contributed by atoms with Crippen molar-refractivity contribution in [3.8, 4) is 0 Å². The molecule has 0 saturated carbocycles. The van der Waals surface area contributed by atoms with Crippen LogP contribution < -0.4 is 0 Å². The van der Waals surface area contributed by atoms with Crippen LogP contribution in [0.25, 0.3) is 0 Å². The molecule has 20 heavy (non-hydrogen) atoms. The van der Waals surface area contributed by atoms with E-state index in [0.717, 1.165) is 9.13 Å². The number of carbonyl (C=O) groups is 1. The quantitative estimate of drug-likeness (QED) is 0.698. The summed E-state index contributed by atoms with van der Waals surface area (Å²) in [7, 11) is 1.68. The Kier molecular flexibility index (Phi) is 4.99. The van der Waals surface area contributed by atoms with Gasteiger partial charge in [0, 0.05) is 22.7 Å². The number of rotatable bonds is 3. The fourth-order valence-electron chi connectivity index (χ4n) is 1.83. The number of benzene rings is 2. The van der Waals surface area contributed by atoms with Crippen LogP contribution in [0.4, 0.5) is 4.39 Å². The summed E-state index contributed by atoms with van der Waals surface area (Å²) >= 11 is 8.12. The highest BCUT2D eigenvalue weighted by Gasteiger charge is 2.13. The monoisotopic (exact) mass is 403 g/mol. The molecule has 2 aromatic carbocycles. The second-order valence-corrected chi connectivity index (χ2v) is 5.99. The lowest BCUT2D eigenvalue weighted by atomic mass is 10.1. The molecule has 0 aliphatic rings. The van der Waals surface area contributed by atoms with Gasteiger partial charge < -0.3 is 4.90 Å². The molecule has 0 N–H and O–H groups in total. The minimum Gasteiger partial charge on any atom is -0.337 e. The third-order valence-corrected chi connectivity index (χ3v) is 4.39. The van der Waals surface area contributed by atoms with Gasteiger partial charge in [-0.3, -0.25) is 4.79 Å². The van der Waals surface area contributed by atoms with Crippen LogP contribution in [0.15, 0.2) is 42.5 Å². The van der Waals surface area contributed by atoms with Crippen molar-refractivity contribution in [3.63, 3.8) is 0 Å². The first-order valence-electron chi connectivity index (χ1n) is 5.92. The minimum absolute atomic E-state index is 0.146. The van der Waals surface area contributed by atoms with E-state index in [2.05, 4.69) is 22.6 Å². The van der Waals surface area contributed by atoms with Gasteiger partial charge in [-0.05, 0) is 58.5 Å². The summed E-state index contributed by atoms with van der Waals surface area (Å²) in [4.78, 5) is 13.8. The SMILES string of the molecule is CN(Cc1cccc(F)c1)C(=O)c1ccc(I)c(Cl)c1. The Morgan fingerprint density at radius 3 is 2.70 bits per heavy atom. The lowest BCUT2D eigenvalue weighted by Crippen LogP contribution is -2.26. The lowest BCUT2D eigenvalue weighted by Gasteiger charge is -2.17. The molecular weight excluding hydrogens is 392 g/mol. The molecule has 0 atom stereocenters. The van der Waals surface area contributed by atoms with Crippen molar-refractivity contribution < 1.29 is 9.18 Å². The van der Waals surface area contributed by atoms with Gasteiger partial charge in [0.1, 0.15) is 5.82 Å². The number of carbonyl (C=O) groups excluding carboxylic acids is 1. The molecule has 0 unspecified atom stereocenters. The van der Waals surface area contributed by atoms with Gasteiger partial charge in [0.05, 0.1) is 5.02 Å². The van der Waals surface area contributed by atoms with Gasteiger partial charge in [0.25, 0.3) is 5.91 Å². The normalized spacial score (nSPS) is 10.4. The average Bonchev–Trinajstić information content (AvgIpc) is 2.41. The van der Waals surface area contributed by atoms with Crippen molar-refractivity contribution in [3.05, 3.63) is 68.0 Å². The number of hydrogen-bond acceptors (Lipinski definition) is 1. The van der Waals surface area contributed by atoms with E-state index in [-0.39, 0.29) is 11.7 Å². The van der Waals surface area contributed by atoms with E-state index >= 15 is 0 Å². The predicted octanol–water partition coefficient (Wildman–Crippen LogP) is 4.36. The Morgan fingerprint density at radius 2 is 2.05 bits per heavy atom. The second kappa shape index (κ2) is 6.54. The molecule has 0 radical (unpaired) electrons. The van der Waals surface area contributed by atoms with E-state index in [1.807, 2.05) is 0 Å². The molecule has 1 amide bonds. The Labute approximate surface area is 135 Å². The molecule has 0 aliphatic carbocycles. The van der Waals surface area contributed by atoms with E-state index in [0.29, 0.717) is 17.1 Å². The van der Waals surface area contributed by atoms with Gasteiger partial charge in [-0.25, -0.2) is 4.39 Å². The van der Waals surface area contributed by atoms with Crippen LogP contribution >= 0.6 is 34.2 Å². The highest BCUT2D eigenvalue weighted by molar-refractivity contribution is 14.1. The molecule has 2 nitrogen and oxygen atoms in total. The molecular formula is C15H12ClFINO. The van der Waals surface area contributed by atoms with E-state index in [9.17, 15) is 9.18 Å². The molecule has 0 aliphatic heterocycles. The van der Waals surface area contributed by atoms with Crippen LogP contribution in [-0.2, 0) is 6.54 Å². The molecule has 5 heteroatoms. The number of amides is 1. The minimum atomic E-state index is -0.305. The molecule has 0 spiro atoms. The van der Waals surface area contributed by atoms with Crippen LogP contribution in [0.5, 0.6) is 0 Å². The van der Waals surface area contributed by atoms with Crippen molar-refractivity contribution in [2.24, 2.45) is 0 Å². The maximum atomic E-state index is 13.1. The van der Waals surface area contributed by atoms with Gasteiger partial charge in [0.2, 0.25) is 0 Å². The molecule has 2 aromatic rings. The zero-order valence-electron chi connectivity index (χ0n) is 10.7. The maximum absolute atomic E-state index is 13.1. The molecule has 0 fully saturated rings. The smallest absolute Gasteiger partial charge is 0.253 e. The standard InChI is InChI=1S/C15H12ClFINO/c1-19(9-10-3-2-4-12(17)7-10)15(20)11-5-6-14(18)13(16)8-11/h2-8H,9H2,1H3. The Bertz CT molecular complexity index is 648. The van der Waals surface area contributed by atoms with Crippen LogP contribution in [-0.4, -0.2) is 17.9 Å². The van der Waals surface area contributed by atoms with Crippen molar-refractivity contribution in [1.82, 2.24) is 4.90 Å². The summed E-state index contributed by atoms with van der Waals surface area (Å²) in [6, 6.07) is 11.4. The topological polar surface area (TPSA) is 20.3 Å². The third-order valence-electron chi connectivity index (χ3n) is 2.82. The van der Waals surface area contributed by atoms with Crippen molar-refractivity contribution in [2.75, 3.05) is 7.05 Å². The number of nitrogens with zero attached hydrogens (tertiary/aromatic N) is 1. The molecule has 0 saturated heterocycles. The summed E-state index contributed by atoms with van der Waals surface area (Å²) in [5, 5.41) is 0.551. The van der Waals surface area contributed by atoms with E-state index < -0.39 is 0 Å². The summed E-state index contributed by atoms with van der Waals surface area (Å²) in [6.07, 6.45) is 0. The Hall–Kier alpha value is -1.14. The van der Waals surface area contributed by atoms with Crippen molar-refractivity contribution >= 4 is 40.1 Å². The first-order chi connectivity index (χ1) is 9.47. The van der Waals surface area contributed by atoms with Crippen LogP contribution in [0.3, 0.4) is 0 Å². The average molecular weight is 404 g/mol. The summed E-state index contributed by atoms with van der Waals surface area (Å²) in [5.41, 5.74) is 1.27. The predicted molar refractivity (Wildman–Crippen MR) is 86.4 cm³/mol. The Balaban J connectivity index is 2.14. The molecule has 0 bridgehead atoms. The summed E-state index contributed by atoms with van der Waals surface area (Å²) < 4.78 is 14.0. The van der Waals surface area contributed by atoms with Crippen LogP contribution in [0, 0.1) is 9.39 Å². The first kappa shape index (κ1) is 15.3. The van der Waals surface area contributed by atoms with Gasteiger partial charge in [-0.2, -0.15) is 0 Å². The summed E-state index contributed by atoms with van der Waals surface area (Å²) in [6.45, 7) is 0.347. The maximum Gasteiger partial charge on any atom is 0.253 e. The fraction of sp³-hybridized carbons (Fsp3) is 0.133. The molecule has 2 rings (SSSR count). The fourth-order valence-corrected chi connectivity index (χ4v) is 2.35. The van der Waals surface area contributed by atoms with Gasteiger partial charge in [-0.15, -0.1) is 0 Å². The van der Waals surface area contributed by atoms with E-state index in [1.165, 1.54) is 17.0 Å². The number of hydrogen-bond donors (Lipinski definition) is 0. The lowest BCUT2D eigenvalue weighted by molar-refractivity contribution is 0.0785. The van der Waals surface area contributed by atoms with Gasteiger partial charge in [0.15, 0.2) is 0 Å². The highest BCUT2D eigenvalue weighted by atomic mass is 127.